The molecule has 0 saturated heterocycles. The molecule has 0 aliphatic rings. The first-order chi connectivity index (χ1) is 9.36. The van der Waals surface area contributed by atoms with E-state index >= 15 is 0 Å². The lowest BCUT2D eigenvalue weighted by Gasteiger charge is -2.22. The Morgan fingerprint density at radius 1 is 1.50 bits per heavy atom. The fourth-order valence-corrected chi connectivity index (χ4v) is 1.45. The number of rotatable bonds is 6. The Kier molecular flexibility index (Phi) is 5.54. The van der Waals surface area contributed by atoms with E-state index in [1.54, 1.807) is 24.7 Å². The molecule has 0 radical (unpaired) electrons. The second-order valence-corrected chi connectivity index (χ2v) is 5.24. The molecule has 0 fully saturated rings. The molecule has 0 aromatic carbocycles. The second kappa shape index (κ2) is 6.93. The van der Waals surface area contributed by atoms with Crippen LogP contribution < -0.4 is 16.4 Å². The van der Waals surface area contributed by atoms with Gasteiger partial charge in [0.1, 0.15) is 0 Å². The van der Waals surface area contributed by atoms with Gasteiger partial charge in [0, 0.05) is 26.3 Å². The molecule has 0 aliphatic carbocycles. The van der Waals surface area contributed by atoms with E-state index < -0.39 is 5.41 Å². The minimum atomic E-state index is -0.622. The van der Waals surface area contributed by atoms with E-state index in [1.165, 1.54) is 0 Å². The maximum atomic E-state index is 11.3. The molecule has 112 valence electrons. The minimum absolute atomic E-state index is 0.340. The lowest BCUT2D eigenvalue weighted by Crippen LogP contribution is -2.46. The van der Waals surface area contributed by atoms with Crippen molar-refractivity contribution < 1.29 is 4.79 Å². The minimum Gasteiger partial charge on any atom is -0.369 e. The van der Waals surface area contributed by atoms with Gasteiger partial charge in [0.05, 0.1) is 17.7 Å². The number of aliphatic imine (C=N–C) groups is 1. The molecule has 0 saturated carbocycles. The third kappa shape index (κ3) is 4.56. The van der Waals surface area contributed by atoms with Crippen molar-refractivity contribution >= 4 is 11.9 Å². The molecule has 1 amide bonds. The molecule has 1 heterocycles. The first-order valence-electron chi connectivity index (χ1n) is 6.65. The molecule has 0 atom stereocenters. The van der Waals surface area contributed by atoms with Crippen LogP contribution in [-0.4, -0.2) is 34.7 Å². The van der Waals surface area contributed by atoms with Crippen molar-refractivity contribution in [2.75, 3.05) is 13.1 Å². The summed E-state index contributed by atoms with van der Waals surface area (Å²) < 4.78 is 1.78. The molecule has 0 bridgehead atoms. The Balaban J connectivity index is 2.64. The van der Waals surface area contributed by atoms with Crippen LogP contribution >= 0.6 is 0 Å². The average molecular weight is 280 g/mol. The number of amides is 1. The third-order valence-electron chi connectivity index (χ3n) is 3.03. The monoisotopic (exact) mass is 280 g/mol. The van der Waals surface area contributed by atoms with E-state index in [-0.39, 0.29) is 5.91 Å². The largest absolute Gasteiger partial charge is 0.369 e. The van der Waals surface area contributed by atoms with Crippen molar-refractivity contribution in [3.05, 3.63) is 18.0 Å². The molecule has 0 aliphatic heterocycles. The molecule has 1 aromatic rings. The van der Waals surface area contributed by atoms with Crippen LogP contribution in [0.2, 0.25) is 0 Å². The zero-order chi connectivity index (χ0) is 15.2. The fraction of sp³-hybridized carbons (Fsp3) is 0.615. The molecule has 7 heteroatoms. The predicted octanol–water partition coefficient (Wildman–Crippen LogP) is -0.0133. The molecule has 4 N–H and O–H groups in total. The van der Waals surface area contributed by atoms with E-state index in [0.717, 1.165) is 12.2 Å². The summed E-state index contributed by atoms with van der Waals surface area (Å²) in [5, 5.41) is 10.4. The second-order valence-electron chi connectivity index (χ2n) is 5.24. The van der Waals surface area contributed by atoms with E-state index in [0.29, 0.717) is 19.0 Å². The number of hydrogen-bond acceptors (Lipinski definition) is 3. The third-order valence-corrected chi connectivity index (χ3v) is 3.03. The van der Waals surface area contributed by atoms with Gasteiger partial charge in [-0.1, -0.05) is 0 Å². The first-order valence-corrected chi connectivity index (χ1v) is 6.65. The highest BCUT2D eigenvalue weighted by Crippen LogP contribution is 2.11. The van der Waals surface area contributed by atoms with Crippen molar-refractivity contribution in [1.82, 2.24) is 20.4 Å². The highest BCUT2D eigenvalue weighted by atomic mass is 16.1. The molecule has 7 nitrogen and oxygen atoms in total. The molecule has 1 aromatic heterocycles. The van der Waals surface area contributed by atoms with Crippen molar-refractivity contribution in [2.45, 2.75) is 27.3 Å². The van der Waals surface area contributed by atoms with Crippen molar-refractivity contribution in [3.8, 4) is 0 Å². The van der Waals surface area contributed by atoms with Gasteiger partial charge in [-0.15, -0.1) is 0 Å². The lowest BCUT2D eigenvalue weighted by atomic mass is 9.93. The van der Waals surface area contributed by atoms with Gasteiger partial charge in [0.2, 0.25) is 5.91 Å². The quantitative estimate of drug-likeness (QED) is 0.504. The van der Waals surface area contributed by atoms with E-state index in [9.17, 15) is 4.79 Å². The van der Waals surface area contributed by atoms with Gasteiger partial charge >= 0.3 is 0 Å². The number of guanidine groups is 1. The highest BCUT2D eigenvalue weighted by Gasteiger charge is 2.24. The summed E-state index contributed by atoms with van der Waals surface area (Å²) in [6, 6.07) is 1.92. The van der Waals surface area contributed by atoms with Crippen molar-refractivity contribution in [1.29, 1.82) is 0 Å². The summed E-state index contributed by atoms with van der Waals surface area (Å²) in [6.45, 7) is 7.27. The van der Waals surface area contributed by atoms with Gasteiger partial charge in [0.25, 0.3) is 0 Å². The van der Waals surface area contributed by atoms with Gasteiger partial charge in [-0.05, 0) is 26.8 Å². The number of nitrogens with zero attached hydrogens (tertiary/aromatic N) is 3. The number of nitrogens with two attached hydrogens (primary N) is 1. The highest BCUT2D eigenvalue weighted by molar-refractivity contribution is 5.83. The van der Waals surface area contributed by atoms with Gasteiger partial charge in [-0.2, -0.15) is 5.10 Å². The Bertz CT molecular complexity index is 477. The fourth-order valence-electron chi connectivity index (χ4n) is 1.45. The summed E-state index contributed by atoms with van der Waals surface area (Å²) in [5.41, 5.74) is 5.74. The maximum Gasteiger partial charge on any atom is 0.224 e. The standard InChI is InChI=1S/C13H24N6O/c1-5-15-12(17-9-13(2,3)11(14)20)16-8-10-6-7-18-19(10)4/h6-7H,5,8-9H2,1-4H3,(H2,14,20)(H2,15,16,17). The Hall–Kier alpha value is -2.05. The number of carbonyl (C=O) groups excluding carboxylic acids is 1. The molecule has 1 rings (SSSR count). The number of nitrogens with one attached hydrogen (secondary N) is 2. The summed E-state index contributed by atoms with van der Waals surface area (Å²) in [6.07, 6.45) is 1.74. The summed E-state index contributed by atoms with van der Waals surface area (Å²) >= 11 is 0. The Morgan fingerprint density at radius 3 is 2.70 bits per heavy atom. The van der Waals surface area contributed by atoms with Crippen LogP contribution in [0.4, 0.5) is 0 Å². The Morgan fingerprint density at radius 2 is 2.20 bits per heavy atom. The summed E-state index contributed by atoms with van der Waals surface area (Å²) in [4.78, 5) is 15.8. The molecule has 0 spiro atoms. The average Bonchev–Trinajstić information content (AvgIpc) is 2.78. The molecular formula is C13H24N6O. The number of primary amides is 1. The lowest BCUT2D eigenvalue weighted by molar-refractivity contribution is -0.125. The zero-order valence-electron chi connectivity index (χ0n) is 12.6. The molecule has 20 heavy (non-hydrogen) atoms. The van der Waals surface area contributed by atoms with Crippen LogP contribution in [0.5, 0.6) is 0 Å². The smallest absolute Gasteiger partial charge is 0.224 e. The van der Waals surface area contributed by atoms with E-state index in [1.807, 2.05) is 20.0 Å². The summed E-state index contributed by atoms with van der Waals surface area (Å²) in [7, 11) is 1.88. The topological polar surface area (TPSA) is 97.3 Å². The van der Waals surface area contributed by atoms with Crippen molar-refractivity contribution in [2.24, 2.45) is 23.2 Å². The van der Waals surface area contributed by atoms with Crippen LogP contribution in [0.3, 0.4) is 0 Å². The van der Waals surface area contributed by atoms with Crippen LogP contribution in [0.15, 0.2) is 17.3 Å². The van der Waals surface area contributed by atoms with Crippen molar-refractivity contribution in [3.63, 3.8) is 0 Å². The van der Waals surface area contributed by atoms with Gasteiger partial charge < -0.3 is 16.4 Å². The van der Waals surface area contributed by atoms with E-state index in [2.05, 4.69) is 20.7 Å². The Labute approximate surface area is 119 Å². The van der Waals surface area contributed by atoms with Crippen LogP contribution in [0.1, 0.15) is 26.5 Å². The number of carbonyl (C=O) groups is 1. The normalized spacial score (nSPS) is 12.3. The number of hydrogen-bond donors (Lipinski definition) is 3. The van der Waals surface area contributed by atoms with E-state index in [4.69, 9.17) is 5.73 Å². The van der Waals surface area contributed by atoms with Gasteiger partial charge in [-0.3, -0.25) is 9.48 Å². The van der Waals surface area contributed by atoms with Gasteiger partial charge in [-0.25, -0.2) is 4.99 Å². The zero-order valence-corrected chi connectivity index (χ0v) is 12.6. The summed E-state index contributed by atoms with van der Waals surface area (Å²) in [5.74, 6) is 0.315. The number of aryl methyl sites for hydroxylation is 1. The molecule has 0 unspecified atom stereocenters. The van der Waals surface area contributed by atoms with Crippen LogP contribution in [0.25, 0.3) is 0 Å². The van der Waals surface area contributed by atoms with Gasteiger partial charge in [0.15, 0.2) is 5.96 Å². The SMILES string of the molecule is CCNC(=NCc1ccnn1C)NCC(C)(C)C(N)=O. The molecular weight excluding hydrogens is 256 g/mol. The van der Waals surface area contributed by atoms with Crippen LogP contribution in [-0.2, 0) is 18.4 Å². The van der Waals surface area contributed by atoms with Crippen LogP contribution in [0, 0.1) is 5.41 Å². The maximum absolute atomic E-state index is 11.3. The number of aromatic nitrogens is 2. The predicted molar refractivity (Wildman–Crippen MR) is 79.0 cm³/mol. The first kappa shape index (κ1) is 16.0.